The summed E-state index contributed by atoms with van der Waals surface area (Å²) in [6.07, 6.45) is 1.89. The molecule has 0 aliphatic carbocycles. The predicted octanol–water partition coefficient (Wildman–Crippen LogP) is 5.63. The molecule has 0 saturated carbocycles. The first-order chi connectivity index (χ1) is 12.5. The summed E-state index contributed by atoms with van der Waals surface area (Å²) in [7, 11) is 0. The van der Waals surface area contributed by atoms with Gasteiger partial charge in [0.25, 0.3) is 0 Å². The van der Waals surface area contributed by atoms with Crippen LogP contribution in [0, 0.1) is 40.1 Å². The summed E-state index contributed by atoms with van der Waals surface area (Å²) >= 11 is 2.29. The molecular formula is C22H16IN3. The zero-order valence-electron chi connectivity index (χ0n) is 14.5. The van der Waals surface area contributed by atoms with Crippen LogP contribution < -0.4 is 0 Å². The fourth-order valence-corrected chi connectivity index (χ4v) is 3.37. The topological polar surface area (TPSA) is 52.5 Å². The monoisotopic (exact) mass is 449 g/mol. The van der Waals surface area contributed by atoms with Gasteiger partial charge in [0.15, 0.2) is 0 Å². The zero-order chi connectivity index (χ0) is 18.7. The lowest BCUT2D eigenvalue weighted by Gasteiger charge is -2.09. The van der Waals surface area contributed by atoms with Gasteiger partial charge in [-0.2, -0.15) is 10.5 Å². The Kier molecular flexibility index (Phi) is 5.25. The van der Waals surface area contributed by atoms with Crippen molar-refractivity contribution in [2.24, 2.45) is 0 Å². The Labute approximate surface area is 167 Å². The molecule has 0 bridgehead atoms. The van der Waals surface area contributed by atoms with Gasteiger partial charge in [-0.05, 0) is 96.1 Å². The summed E-state index contributed by atoms with van der Waals surface area (Å²) < 4.78 is 3.38. The highest BCUT2D eigenvalue weighted by Gasteiger charge is 2.11. The van der Waals surface area contributed by atoms with Crippen LogP contribution in [0.5, 0.6) is 0 Å². The van der Waals surface area contributed by atoms with Crippen LogP contribution >= 0.6 is 22.6 Å². The van der Waals surface area contributed by atoms with Gasteiger partial charge >= 0.3 is 0 Å². The number of rotatable bonds is 3. The molecule has 0 saturated heterocycles. The van der Waals surface area contributed by atoms with Crippen LogP contribution in [0.1, 0.15) is 28.1 Å². The molecule has 4 heteroatoms. The molecule has 1 aromatic heterocycles. The molecular weight excluding hydrogens is 433 g/mol. The smallest absolute Gasteiger partial charge is 0.0998 e. The van der Waals surface area contributed by atoms with Crippen LogP contribution in [-0.4, -0.2) is 4.57 Å². The number of aromatic nitrogens is 1. The van der Waals surface area contributed by atoms with E-state index in [9.17, 15) is 5.26 Å². The maximum absolute atomic E-state index is 9.61. The SMILES string of the molecule is Cc1cc(/C=C(/C#N)c2cccc(C#N)c2)c(C)n1-c1ccc(I)cc1. The quantitative estimate of drug-likeness (QED) is 0.384. The molecule has 0 spiro atoms. The van der Waals surface area contributed by atoms with Crippen molar-refractivity contribution >= 4 is 34.2 Å². The first-order valence-electron chi connectivity index (χ1n) is 8.10. The van der Waals surface area contributed by atoms with Crippen LogP contribution in [0.15, 0.2) is 54.6 Å². The maximum atomic E-state index is 9.61. The van der Waals surface area contributed by atoms with Gasteiger partial charge in [0.1, 0.15) is 0 Å². The van der Waals surface area contributed by atoms with Gasteiger partial charge < -0.3 is 4.57 Å². The molecule has 26 heavy (non-hydrogen) atoms. The van der Waals surface area contributed by atoms with Gasteiger partial charge in [-0.1, -0.05) is 12.1 Å². The van der Waals surface area contributed by atoms with E-state index < -0.39 is 0 Å². The normalized spacial score (nSPS) is 11.0. The Hall–Kier alpha value is -2.83. The van der Waals surface area contributed by atoms with E-state index in [1.54, 1.807) is 18.2 Å². The molecule has 0 amide bonds. The third-order valence-electron chi connectivity index (χ3n) is 4.28. The summed E-state index contributed by atoms with van der Waals surface area (Å²) in [5.74, 6) is 0. The predicted molar refractivity (Wildman–Crippen MR) is 113 cm³/mol. The number of aryl methyl sites for hydroxylation is 1. The van der Waals surface area contributed by atoms with E-state index in [0.29, 0.717) is 11.1 Å². The molecule has 0 aliphatic heterocycles. The molecule has 0 atom stereocenters. The fourth-order valence-electron chi connectivity index (χ4n) is 3.01. The number of halogens is 1. The minimum Gasteiger partial charge on any atom is -0.318 e. The van der Waals surface area contributed by atoms with Crippen LogP contribution in [0.25, 0.3) is 17.3 Å². The van der Waals surface area contributed by atoms with E-state index in [-0.39, 0.29) is 0 Å². The minimum atomic E-state index is 0.546. The first-order valence-corrected chi connectivity index (χ1v) is 9.18. The number of nitrogens with zero attached hydrogens (tertiary/aromatic N) is 3. The molecule has 0 radical (unpaired) electrons. The lowest BCUT2D eigenvalue weighted by molar-refractivity contribution is 0.964. The van der Waals surface area contributed by atoms with E-state index in [4.69, 9.17) is 5.26 Å². The van der Waals surface area contributed by atoms with Crippen molar-refractivity contribution in [3.05, 3.63) is 86.2 Å². The highest BCUT2D eigenvalue weighted by molar-refractivity contribution is 14.1. The van der Waals surface area contributed by atoms with Crippen LogP contribution in [-0.2, 0) is 0 Å². The average molecular weight is 449 g/mol. The van der Waals surface area contributed by atoms with Crippen LogP contribution in [0.4, 0.5) is 0 Å². The standard InChI is InChI=1S/C22H16IN3/c1-15-10-19(16(2)26(15)22-8-6-21(23)7-9-22)12-20(14-25)18-5-3-4-17(11-18)13-24/h3-12H,1-2H3/b20-12-. The number of nitriles is 2. The fraction of sp³-hybridized carbons (Fsp3) is 0.0909. The summed E-state index contributed by atoms with van der Waals surface area (Å²) in [6.45, 7) is 4.11. The van der Waals surface area contributed by atoms with Crippen molar-refractivity contribution < 1.29 is 0 Å². The summed E-state index contributed by atoms with van der Waals surface area (Å²) in [4.78, 5) is 0. The van der Waals surface area contributed by atoms with Crippen molar-refractivity contribution in [1.82, 2.24) is 4.57 Å². The second-order valence-electron chi connectivity index (χ2n) is 6.00. The van der Waals surface area contributed by atoms with Gasteiger partial charge in [-0.15, -0.1) is 0 Å². The van der Waals surface area contributed by atoms with Crippen molar-refractivity contribution in [3.8, 4) is 17.8 Å². The van der Waals surface area contributed by atoms with Crippen molar-refractivity contribution in [1.29, 1.82) is 10.5 Å². The van der Waals surface area contributed by atoms with Crippen LogP contribution in [0.3, 0.4) is 0 Å². The Bertz CT molecular complexity index is 1070. The number of hydrogen-bond acceptors (Lipinski definition) is 2. The Balaban J connectivity index is 2.08. The minimum absolute atomic E-state index is 0.546. The largest absolute Gasteiger partial charge is 0.318 e. The Morgan fingerprint density at radius 1 is 1.04 bits per heavy atom. The van der Waals surface area contributed by atoms with Gasteiger partial charge in [-0.3, -0.25) is 0 Å². The lowest BCUT2D eigenvalue weighted by Crippen LogP contribution is -1.98. The second-order valence-corrected chi connectivity index (χ2v) is 7.25. The molecule has 0 unspecified atom stereocenters. The maximum Gasteiger partial charge on any atom is 0.0998 e. The van der Waals surface area contributed by atoms with E-state index in [1.165, 1.54) is 3.57 Å². The van der Waals surface area contributed by atoms with E-state index in [2.05, 4.69) is 83.5 Å². The molecule has 0 fully saturated rings. The second kappa shape index (κ2) is 7.59. The highest BCUT2D eigenvalue weighted by Crippen LogP contribution is 2.26. The summed E-state index contributed by atoms with van der Waals surface area (Å²) in [5, 5.41) is 18.7. The number of benzene rings is 2. The molecule has 2 aromatic carbocycles. The molecule has 3 nitrogen and oxygen atoms in total. The first kappa shape index (κ1) is 18.0. The van der Waals surface area contributed by atoms with E-state index in [0.717, 1.165) is 28.2 Å². The Morgan fingerprint density at radius 2 is 1.77 bits per heavy atom. The number of allylic oxidation sites excluding steroid dienone is 1. The van der Waals surface area contributed by atoms with Crippen molar-refractivity contribution in [3.63, 3.8) is 0 Å². The van der Waals surface area contributed by atoms with Gasteiger partial charge in [0.05, 0.1) is 23.3 Å². The zero-order valence-corrected chi connectivity index (χ0v) is 16.7. The third-order valence-corrected chi connectivity index (χ3v) is 5.00. The van der Waals surface area contributed by atoms with Crippen LogP contribution in [0.2, 0.25) is 0 Å². The molecule has 3 rings (SSSR count). The molecule has 3 aromatic rings. The highest BCUT2D eigenvalue weighted by atomic mass is 127. The molecule has 0 N–H and O–H groups in total. The molecule has 126 valence electrons. The summed E-state index contributed by atoms with van der Waals surface area (Å²) in [5.41, 5.74) is 6.14. The molecule has 0 aliphatic rings. The van der Waals surface area contributed by atoms with E-state index >= 15 is 0 Å². The Morgan fingerprint density at radius 3 is 2.42 bits per heavy atom. The van der Waals surface area contributed by atoms with Gasteiger partial charge in [0, 0.05) is 20.6 Å². The number of hydrogen-bond donors (Lipinski definition) is 0. The summed E-state index contributed by atoms with van der Waals surface area (Å²) in [6, 6.07) is 22.0. The average Bonchev–Trinajstić information content (AvgIpc) is 2.94. The molecule has 1 heterocycles. The van der Waals surface area contributed by atoms with Gasteiger partial charge in [0.2, 0.25) is 0 Å². The third kappa shape index (κ3) is 3.56. The van der Waals surface area contributed by atoms with Gasteiger partial charge in [-0.25, -0.2) is 0 Å². The van der Waals surface area contributed by atoms with Crippen molar-refractivity contribution in [2.45, 2.75) is 13.8 Å². The lowest BCUT2D eigenvalue weighted by atomic mass is 10.0. The van der Waals surface area contributed by atoms with E-state index in [1.807, 2.05) is 12.1 Å². The van der Waals surface area contributed by atoms with Crippen molar-refractivity contribution in [2.75, 3.05) is 0 Å².